The molecule has 0 aliphatic heterocycles. The van der Waals surface area contributed by atoms with Crippen LogP contribution in [0.2, 0.25) is 0 Å². The van der Waals surface area contributed by atoms with Gasteiger partial charge in [0, 0.05) is 0 Å². The molecule has 0 atom stereocenters. The molecule has 0 rings (SSSR count). The van der Waals surface area contributed by atoms with Gasteiger partial charge in [-0.3, -0.25) is 5.41 Å². The molecular formula is C2H5N4NaS. The summed E-state index contributed by atoms with van der Waals surface area (Å²) in [5.41, 5.74) is 8.94. The Morgan fingerprint density at radius 1 is 1.62 bits per heavy atom. The summed E-state index contributed by atoms with van der Waals surface area (Å²) in [6, 6.07) is 0. The SMILES string of the molecule is N#C[S-].N=C(N)N.[Na+]. The standard InChI is InChI=1S/CH5N3.CHNS.Na/c2-1(3)4;2-1-3;/h(H5,2,3,4);3H;/q;;+1/p-1. The summed E-state index contributed by atoms with van der Waals surface area (Å²) >= 11 is 3.70. The Kier molecular flexibility index (Phi) is 30.9. The largest absolute Gasteiger partial charge is 1.00 e. The summed E-state index contributed by atoms with van der Waals surface area (Å²) < 4.78 is 0. The van der Waals surface area contributed by atoms with Crippen LogP contribution in [0.25, 0.3) is 0 Å². The number of nitrogens with two attached hydrogens (primary N) is 2. The van der Waals surface area contributed by atoms with Crippen LogP contribution >= 0.6 is 0 Å². The molecule has 0 fully saturated rings. The number of hydrogen-bond donors (Lipinski definition) is 3. The van der Waals surface area contributed by atoms with Crippen LogP contribution in [-0.4, -0.2) is 5.96 Å². The van der Waals surface area contributed by atoms with Crippen molar-refractivity contribution in [1.29, 1.82) is 10.7 Å². The van der Waals surface area contributed by atoms with E-state index in [-0.39, 0.29) is 35.5 Å². The van der Waals surface area contributed by atoms with Crippen molar-refractivity contribution >= 4 is 18.6 Å². The fourth-order valence-corrected chi connectivity index (χ4v) is 0. The molecule has 0 saturated heterocycles. The van der Waals surface area contributed by atoms with Crippen molar-refractivity contribution in [3.8, 4) is 5.40 Å². The van der Waals surface area contributed by atoms with Gasteiger partial charge < -0.3 is 24.1 Å². The predicted octanol–water partition coefficient (Wildman–Crippen LogP) is -4.14. The molecule has 0 aromatic rings. The van der Waals surface area contributed by atoms with Crippen LogP contribution in [0.5, 0.6) is 0 Å². The van der Waals surface area contributed by atoms with E-state index in [4.69, 9.17) is 10.7 Å². The number of guanidine groups is 1. The van der Waals surface area contributed by atoms with Gasteiger partial charge in [-0.1, -0.05) is 5.40 Å². The van der Waals surface area contributed by atoms with Gasteiger partial charge in [-0.05, 0) is 0 Å². The van der Waals surface area contributed by atoms with Crippen molar-refractivity contribution in [1.82, 2.24) is 0 Å². The first-order valence-corrected chi connectivity index (χ1v) is 1.66. The Morgan fingerprint density at radius 3 is 1.62 bits per heavy atom. The second-order valence-corrected chi connectivity index (χ2v) is 0.729. The number of nitriles is 1. The van der Waals surface area contributed by atoms with Crippen molar-refractivity contribution < 1.29 is 29.6 Å². The van der Waals surface area contributed by atoms with Gasteiger partial charge in [0.2, 0.25) is 0 Å². The monoisotopic (exact) mass is 140 g/mol. The third-order valence-electron chi connectivity index (χ3n) is 0. The maximum absolute atomic E-state index is 7.13. The molecule has 0 bridgehead atoms. The fourth-order valence-electron chi connectivity index (χ4n) is 0. The molecule has 8 heavy (non-hydrogen) atoms. The molecule has 0 amide bonds. The Bertz CT molecular complexity index is 82.5. The third-order valence-corrected chi connectivity index (χ3v) is 0. The summed E-state index contributed by atoms with van der Waals surface area (Å²) in [5.74, 6) is -0.333. The Balaban J connectivity index is -0.0000000575. The minimum absolute atomic E-state index is 0. The minimum atomic E-state index is -0.333. The van der Waals surface area contributed by atoms with Gasteiger partial charge >= 0.3 is 29.6 Å². The molecule has 0 aromatic carbocycles. The molecule has 4 nitrogen and oxygen atoms in total. The second kappa shape index (κ2) is 15.8. The van der Waals surface area contributed by atoms with Crippen molar-refractivity contribution in [2.24, 2.45) is 11.5 Å². The number of nitrogens with zero attached hydrogens (tertiary/aromatic N) is 1. The molecule has 5 N–H and O–H groups in total. The topological polar surface area (TPSA) is 99.7 Å². The van der Waals surface area contributed by atoms with Crippen LogP contribution in [0, 0.1) is 16.1 Å². The van der Waals surface area contributed by atoms with Crippen LogP contribution in [-0.2, 0) is 12.6 Å². The summed E-state index contributed by atoms with van der Waals surface area (Å²) in [7, 11) is 0. The second-order valence-electron chi connectivity index (χ2n) is 0.547. The summed E-state index contributed by atoms with van der Waals surface area (Å²) in [5, 5.41) is 14.5. The normalized spacial score (nSPS) is 3.88. The molecule has 0 radical (unpaired) electrons. The molecule has 0 saturated carbocycles. The van der Waals surface area contributed by atoms with Gasteiger partial charge in [0.05, 0.1) is 0 Å². The van der Waals surface area contributed by atoms with Crippen LogP contribution in [0.15, 0.2) is 0 Å². The molecular weight excluding hydrogens is 135 g/mol. The average molecular weight is 140 g/mol. The first kappa shape index (κ1) is 15.7. The number of rotatable bonds is 0. The molecule has 0 heterocycles. The predicted molar refractivity (Wildman–Crippen MR) is 29.1 cm³/mol. The Hall–Kier alpha value is -0.0200. The molecule has 40 valence electrons. The van der Waals surface area contributed by atoms with Gasteiger partial charge in [0.25, 0.3) is 0 Å². The summed E-state index contributed by atoms with van der Waals surface area (Å²) in [6.07, 6.45) is 0. The smallest absolute Gasteiger partial charge is 0.696 e. The van der Waals surface area contributed by atoms with Gasteiger partial charge in [-0.2, -0.15) is 0 Å². The Labute approximate surface area is 75.4 Å². The molecule has 0 aliphatic carbocycles. The maximum atomic E-state index is 7.13. The van der Waals surface area contributed by atoms with Gasteiger partial charge in [-0.15, -0.1) is 0 Å². The zero-order valence-electron chi connectivity index (χ0n) is 4.51. The van der Waals surface area contributed by atoms with Crippen LogP contribution in [0.4, 0.5) is 0 Å². The van der Waals surface area contributed by atoms with E-state index in [2.05, 4.69) is 24.1 Å². The zero-order chi connectivity index (χ0) is 6.28. The maximum Gasteiger partial charge on any atom is 1.00 e. The van der Waals surface area contributed by atoms with E-state index in [9.17, 15) is 0 Å². The molecule has 0 unspecified atom stereocenters. The van der Waals surface area contributed by atoms with Crippen molar-refractivity contribution in [3.63, 3.8) is 0 Å². The molecule has 0 spiro atoms. The third kappa shape index (κ3) is 371000. The van der Waals surface area contributed by atoms with Gasteiger partial charge in [-0.25, -0.2) is 5.26 Å². The van der Waals surface area contributed by atoms with E-state index >= 15 is 0 Å². The first-order valence-electron chi connectivity index (χ1n) is 1.26. The number of thiocyanates is 1. The van der Waals surface area contributed by atoms with Gasteiger partial charge in [0.15, 0.2) is 5.96 Å². The van der Waals surface area contributed by atoms with E-state index < -0.39 is 0 Å². The molecule has 0 aliphatic rings. The number of nitrogens with one attached hydrogen (secondary N) is 1. The van der Waals surface area contributed by atoms with E-state index in [1.165, 1.54) is 5.40 Å². The quantitative estimate of drug-likeness (QED) is 0.104. The zero-order valence-corrected chi connectivity index (χ0v) is 7.33. The Morgan fingerprint density at radius 2 is 1.62 bits per heavy atom. The van der Waals surface area contributed by atoms with E-state index in [1.54, 1.807) is 0 Å². The first-order chi connectivity index (χ1) is 3.15. The summed E-state index contributed by atoms with van der Waals surface area (Å²) in [4.78, 5) is 0. The average Bonchev–Trinajstić information content (AvgIpc) is 1.33. The van der Waals surface area contributed by atoms with E-state index in [0.29, 0.717) is 0 Å². The van der Waals surface area contributed by atoms with Gasteiger partial charge in [0.1, 0.15) is 0 Å². The van der Waals surface area contributed by atoms with E-state index in [1.807, 2.05) is 0 Å². The van der Waals surface area contributed by atoms with Crippen molar-refractivity contribution in [2.45, 2.75) is 0 Å². The van der Waals surface area contributed by atoms with E-state index in [0.717, 1.165) is 0 Å². The number of hydrogen-bond acceptors (Lipinski definition) is 3. The van der Waals surface area contributed by atoms with Crippen molar-refractivity contribution in [3.05, 3.63) is 0 Å². The minimum Gasteiger partial charge on any atom is -0.696 e. The van der Waals surface area contributed by atoms with Crippen LogP contribution in [0.1, 0.15) is 0 Å². The summed E-state index contributed by atoms with van der Waals surface area (Å²) in [6.45, 7) is 0. The molecule has 6 heteroatoms. The molecule has 0 aromatic heterocycles. The van der Waals surface area contributed by atoms with Crippen molar-refractivity contribution in [2.75, 3.05) is 0 Å². The van der Waals surface area contributed by atoms with Crippen LogP contribution in [0.3, 0.4) is 0 Å². The fraction of sp³-hybridized carbons (Fsp3) is 0. The van der Waals surface area contributed by atoms with Crippen LogP contribution < -0.4 is 41.0 Å².